The number of anilines is 2. The smallest absolute Gasteiger partial charge is 0.155 e. The van der Waals surface area contributed by atoms with E-state index in [1.807, 2.05) is 25.2 Å². The van der Waals surface area contributed by atoms with Crippen molar-refractivity contribution >= 4 is 43.2 Å². The van der Waals surface area contributed by atoms with Crippen LogP contribution in [0.3, 0.4) is 0 Å². The molecule has 0 amide bonds. The maximum Gasteiger partial charge on any atom is 0.155 e. The topological polar surface area (TPSA) is 50.5 Å². The van der Waals surface area contributed by atoms with E-state index in [4.69, 9.17) is 10.5 Å². The van der Waals surface area contributed by atoms with Crippen molar-refractivity contribution in [2.75, 3.05) is 31.2 Å². The molecule has 30 heavy (non-hydrogen) atoms. The Morgan fingerprint density at radius 3 is 2.33 bits per heavy atom. The molecule has 3 rings (SSSR count). The highest BCUT2D eigenvalue weighted by Crippen LogP contribution is 2.39. The minimum atomic E-state index is 0.672. The molecule has 0 heterocycles. The molecule has 0 spiro atoms. The van der Waals surface area contributed by atoms with E-state index in [9.17, 15) is 0 Å². The summed E-state index contributed by atoms with van der Waals surface area (Å²) in [4.78, 5) is 2.45. The van der Waals surface area contributed by atoms with Crippen molar-refractivity contribution in [3.05, 3.63) is 80.7 Å². The van der Waals surface area contributed by atoms with Crippen molar-refractivity contribution < 1.29 is 4.74 Å². The fourth-order valence-electron chi connectivity index (χ4n) is 3.35. The van der Waals surface area contributed by atoms with E-state index in [0.717, 1.165) is 46.4 Å². The minimum absolute atomic E-state index is 0.672. The second-order valence-electron chi connectivity index (χ2n) is 7.09. The molecule has 0 unspecified atom stereocenters. The summed E-state index contributed by atoms with van der Waals surface area (Å²) in [5.74, 6) is 1.51. The monoisotopic (exact) mass is 531 g/mol. The molecular weight excluding hydrogens is 506 g/mol. The van der Waals surface area contributed by atoms with Gasteiger partial charge < -0.3 is 15.8 Å². The van der Waals surface area contributed by atoms with Crippen LogP contribution in [0.1, 0.15) is 18.1 Å². The predicted molar refractivity (Wildman–Crippen MR) is 133 cm³/mol. The summed E-state index contributed by atoms with van der Waals surface area (Å²) in [6, 6.07) is 20.4. The van der Waals surface area contributed by atoms with E-state index < -0.39 is 0 Å². The Morgan fingerprint density at radius 1 is 1.00 bits per heavy atom. The van der Waals surface area contributed by atoms with Crippen LogP contribution < -0.4 is 15.8 Å². The molecule has 3 N–H and O–H groups in total. The summed E-state index contributed by atoms with van der Waals surface area (Å²) in [6.45, 7) is 5.13. The van der Waals surface area contributed by atoms with Crippen molar-refractivity contribution in [1.82, 2.24) is 4.90 Å². The van der Waals surface area contributed by atoms with E-state index in [0.29, 0.717) is 11.4 Å². The van der Waals surface area contributed by atoms with Crippen molar-refractivity contribution in [1.29, 1.82) is 0 Å². The van der Waals surface area contributed by atoms with Crippen LogP contribution in [0.4, 0.5) is 11.4 Å². The lowest BCUT2D eigenvalue weighted by Gasteiger charge is -2.21. The number of halogens is 2. The normalized spacial score (nSPS) is 11.0. The standard InChI is InChI=1S/C24H27Br2N3O/c1-3-29(16-17-7-5-4-6-8-17)12-11-18-13-20(9-10-23(18)28-2)30-24-21(25)14-19(27)15-22(24)26/h4-10,13-15,28H,3,11-12,16,27H2,1-2H3. The van der Waals surface area contributed by atoms with Gasteiger partial charge in [-0.25, -0.2) is 0 Å². The molecule has 0 saturated heterocycles. The van der Waals surface area contributed by atoms with Crippen LogP contribution in [-0.2, 0) is 13.0 Å². The summed E-state index contributed by atoms with van der Waals surface area (Å²) >= 11 is 7.08. The molecule has 0 aliphatic heterocycles. The maximum atomic E-state index is 6.17. The van der Waals surface area contributed by atoms with Gasteiger partial charge in [-0.3, -0.25) is 4.90 Å². The quantitative estimate of drug-likeness (QED) is 0.301. The molecule has 0 fully saturated rings. The van der Waals surface area contributed by atoms with Crippen LogP contribution in [0.15, 0.2) is 69.6 Å². The van der Waals surface area contributed by atoms with Gasteiger partial charge in [-0.05, 0) is 86.3 Å². The number of likely N-dealkylation sites (N-methyl/N-ethyl adjacent to an activating group) is 1. The number of benzene rings is 3. The van der Waals surface area contributed by atoms with Crippen molar-refractivity contribution in [2.24, 2.45) is 0 Å². The number of hydrogen-bond donors (Lipinski definition) is 2. The molecule has 4 nitrogen and oxygen atoms in total. The summed E-state index contributed by atoms with van der Waals surface area (Å²) in [5, 5.41) is 3.30. The highest BCUT2D eigenvalue weighted by molar-refractivity contribution is 9.11. The van der Waals surface area contributed by atoms with Crippen molar-refractivity contribution in [3.63, 3.8) is 0 Å². The van der Waals surface area contributed by atoms with Gasteiger partial charge in [0.1, 0.15) is 5.75 Å². The number of ether oxygens (including phenoxy) is 1. The highest BCUT2D eigenvalue weighted by Gasteiger charge is 2.12. The van der Waals surface area contributed by atoms with Gasteiger partial charge in [0, 0.05) is 31.5 Å². The fraction of sp³-hybridized carbons (Fsp3) is 0.250. The second-order valence-corrected chi connectivity index (χ2v) is 8.80. The third kappa shape index (κ3) is 6.00. The number of hydrogen-bond acceptors (Lipinski definition) is 4. The zero-order chi connectivity index (χ0) is 21.5. The van der Waals surface area contributed by atoms with Gasteiger partial charge in [0.05, 0.1) is 8.95 Å². The molecule has 158 valence electrons. The summed E-state index contributed by atoms with van der Waals surface area (Å²) in [6.07, 6.45) is 0.929. The van der Waals surface area contributed by atoms with E-state index in [1.165, 1.54) is 11.1 Å². The number of nitrogens with two attached hydrogens (primary N) is 1. The Bertz CT molecular complexity index is 956. The Kier molecular flexibility index (Phi) is 8.19. The van der Waals surface area contributed by atoms with Gasteiger partial charge in [-0.2, -0.15) is 0 Å². The maximum absolute atomic E-state index is 6.17. The largest absolute Gasteiger partial charge is 0.455 e. The molecule has 0 aliphatic rings. The molecule has 6 heteroatoms. The van der Waals surface area contributed by atoms with Crippen LogP contribution in [-0.4, -0.2) is 25.0 Å². The molecular formula is C24H27Br2N3O. The molecule has 3 aromatic rings. The van der Waals surface area contributed by atoms with Crippen LogP contribution in [0.2, 0.25) is 0 Å². The van der Waals surface area contributed by atoms with E-state index in [1.54, 1.807) is 0 Å². The van der Waals surface area contributed by atoms with Gasteiger partial charge in [0.2, 0.25) is 0 Å². The molecule has 0 atom stereocenters. The van der Waals surface area contributed by atoms with Crippen LogP contribution in [0, 0.1) is 0 Å². The summed E-state index contributed by atoms with van der Waals surface area (Å²) in [5.41, 5.74) is 10.2. The molecule has 0 bridgehead atoms. The van der Waals surface area contributed by atoms with Crippen molar-refractivity contribution in [2.45, 2.75) is 19.9 Å². The number of nitrogen functional groups attached to an aromatic ring is 1. The Morgan fingerprint density at radius 2 is 1.70 bits per heavy atom. The molecule has 0 radical (unpaired) electrons. The fourth-order valence-corrected chi connectivity index (χ4v) is 4.73. The van der Waals surface area contributed by atoms with E-state index in [-0.39, 0.29) is 0 Å². The van der Waals surface area contributed by atoms with E-state index >= 15 is 0 Å². The lowest BCUT2D eigenvalue weighted by Crippen LogP contribution is -2.25. The van der Waals surface area contributed by atoms with Gasteiger partial charge in [0.25, 0.3) is 0 Å². The van der Waals surface area contributed by atoms with Crippen molar-refractivity contribution in [3.8, 4) is 11.5 Å². The minimum Gasteiger partial charge on any atom is -0.455 e. The Balaban J connectivity index is 1.74. The van der Waals surface area contributed by atoms with Crippen LogP contribution in [0.5, 0.6) is 11.5 Å². The van der Waals surface area contributed by atoms with E-state index in [2.05, 4.69) is 91.5 Å². The molecule has 0 aromatic heterocycles. The average Bonchev–Trinajstić information content (AvgIpc) is 2.74. The predicted octanol–water partition coefficient (Wildman–Crippen LogP) is 6.69. The van der Waals surface area contributed by atoms with Gasteiger partial charge in [-0.15, -0.1) is 0 Å². The molecule has 3 aromatic carbocycles. The first kappa shape index (κ1) is 22.7. The summed E-state index contributed by atoms with van der Waals surface area (Å²) in [7, 11) is 1.95. The van der Waals surface area contributed by atoms with Gasteiger partial charge >= 0.3 is 0 Å². The highest BCUT2D eigenvalue weighted by atomic mass is 79.9. The number of nitrogens with one attached hydrogen (secondary N) is 1. The zero-order valence-corrected chi connectivity index (χ0v) is 20.5. The first-order valence-corrected chi connectivity index (χ1v) is 11.6. The van der Waals surface area contributed by atoms with Gasteiger partial charge in [-0.1, -0.05) is 37.3 Å². The Labute approximate surface area is 195 Å². The SMILES string of the molecule is CCN(CCc1cc(Oc2c(Br)cc(N)cc2Br)ccc1NC)Cc1ccccc1. The third-order valence-electron chi connectivity index (χ3n) is 4.98. The zero-order valence-electron chi connectivity index (χ0n) is 17.3. The van der Waals surface area contributed by atoms with Crippen LogP contribution >= 0.6 is 31.9 Å². The molecule has 0 aliphatic carbocycles. The first-order valence-electron chi connectivity index (χ1n) is 9.99. The number of rotatable bonds is 9. The summed E-state index contributed by atoms with van der Waals surface area (Å²) < 4.78 is 7.80. The lowest BCUT2D eigenvalue weighted by molar-refractivity contribution is 0.283. The first-order chi connectivity index (χ1) is 14.5. The second kappa shape index (κ2) is 10.8. The Hall–Kier alpha value is -2.02. The third-order valence-corrected chi connectivity index (χ3v) is 6.16. The average molecular weight is 533 g/mol. The van der Waals surface area contributed by atoms with Crippen LogP contribution in [0.25, 0.3) is 0 Å². The lowest BCUT2D eigenvalue weighted by atomic mass is 10.1. The number of nitrogens with zero attached hydrogens (tertiary/aromatic N) is 1. The molecule has 0 saturated carbocycles. The van der Waals surface area contributed by atoms with Gasteiger partial charge in [0.15, 0.2) is 5.75 Å².